The van der Waals surface area contributed by atoms with E-state index in [9.17, 15) is 14.9 Å². The number of hydrogen-bond donors (Lipinski definition) is 2. The molecule has 1 aliphatic rings. The Morgan fingerprint density at radius 1 is 1.60 bits per heavy atom. The molecule has 1 aromatic heterocycles. The summed E-state index contributed by atoms with van der Waals surface area (Å²) in [7, 11) is 0. The second-order valence-corrected chi connectivity index (χ2v) is 5.73. The van der Waals surface area contributed by atoms with Gasteiger partial charge in [-0.15, -0.1) is 0 Å². The van der Waals surface area contributed by atoms with Gasteiger partial charge in [0, 0.05) is 25.2 Å². The molecule has 7 nitrogen and oxygen atoms in total. The molecule has 2 heterocycles. The molecule has 1 unspecified atom stereocenters. The molecule has 110 valence electrons. The fraction of sp³-hybridized carbons (Fsp3) is 0.583. The largest absolute Gasteiger partial charge is 0.395 e. The van der Waals surface area contributed by atoms with E-state index in [2.05, 4.69) is 5.32 Å². The molecule has 20 heavy (non-hydrogen) atoms. The van der Waals surface area contributed by atoms with Crippen LogP contribution in [0.15, 0.2) is 12.1 Å². The minimum absolute atomic E-state index is 0.0451. The lowest BCUT2D eigenvalue weighted by Crippen LogP contribution is -2.42. The van der Waals surface area contributed by atoms with Gasteiger partial charge >= 0.3 is 5.00 Å². The fourth-order valence-corrected chi connectivity index (χ4v) is 3.06. The number of carbonyl (C=O) groups excluding carboxylic acids is 1. The summed E-state index contributed by atoms with van der Waals surface area (Å²) >= 11 is 0.869. The Morgan fingerprint density at radius 3 is 2.95 bits per heavy atom. The molecule has 0 aliphatic carbocycles. The third kappa shape index (κ3) is 3.53. The standard InChI is InChI=1S/C12H17N3O4S/c16-7-6-14(8-9-2-1-5-13-9)12(17)10-3-4-11(20-10)15(18)19/h3-4,9,13,16H,1-2,5-8H2. The third-order valence-electron chi connectivity index (χ3n) is 3.24. The van der Waals surface area contributed by atoms with Crippen LogP contribution in [-0.2, 0) is 0 Å². The number of amides is 1. The Bertz CT molecular complexity index is 485. The van der Waals surface area contributed by atoms with Gasteiger partial charge in [0.2, 0.25) is 0 Å². The van der Waals surface area contributed by atoms with Crippen molar-refractivity contribution in [3.05, 3.63) is 27.1 Å². The summed E-state index contributed by atoms with van der Waals surface area (Å²) in [5, 5.41) is 23.0. The monoisotopic (exact) mass is 299 g/mol. The lowest BCUT2D eigenvalue weighted by Gasteiger charge is -2.24. The van der Waals surface area contributed by atoms with Gasteiger partial charge in [0.1, 0.15) is 0 Å². The van der Waals surface area contributed by atoms with Crippen LogP contribution in [0.2, 0.25) is 0 Å². The molecule has 2 rings (SSSR count). The first-order chi connectivity index (χ1) is 9.61. The quantitative estimate of drug-likeness (QED) is 0.599. The van der Waals surface area contributed by atoms with Gasteiger partial charge < -0.3 is 15.3 Å². The first kappa shape index (κ1) is 14.9. The van der Waals surface area contributed by atoms with Crippen LogP contribution in [0.4, 0.5) is 5.00 Å². The van der Waals surface area contributed by atoms with Gasteiger partial charge in [-0.3, -0.25) is 14.9 Å². The minimum atomic E-state index is -0.504. The molecular weight excluding hydrogens is 282 g/mol. The van der Waals surface area contributed by atoms with Crippen LogP contribution in [0.3, 0.4) is 0 Å². The van der Waals surface area contributed by atoms with Crippen molar-refractivity contribution in [2.75, 3.05) is 26.2 Å². The Balaban J connectivity index is 2.06. The van der Waals surface area contributed by atoms with E-state index in [1.807, 2.05) is 0 Å². The number of nitrogens with one attached hydrogen (secondary N) is 1. The van der Waals surface area contributed by atoms with Gasteiger partial charge in [0.15, 0.2) is 0 Å². The molecule has 1 atom stereocenters. The van der Waals surface area contributed by atoms with Crippen LogP contribution in [0.25, 0.3) is 0 Å². The number of nitrogens with zero attached hydrogens (tertiary/aromatic N) is 2. The maximum Gasteiger partial charge on any atom is 0.324 e. The first-order valence-electron chi connectivity index (χ1n) is 6.49. The van der Waals surface area contributed by atoms with Crippen molar-refractivity contribution in [1.29, 1.82) is 0 Å². The highest BCUT2D eigenvalue weighted by molar-refractivity contribution is 7.17. The van der Waals surface area contributed by atoms with Crippen molar-refractivity contribution < 1.29 is 14.8 Å². The predicted octanol–water partition coefficient (Wildman–Crippen LogP) is 0.843. The van der Waals surface area contributed by atoms with Crippen LogP contribution in [-0.4, -0.2) is 53.1 Å². The summed E-state index contributed by atoms with van der Waals surface area (Å²) in [5.74, 6) is -0.258. The molecule has 0 radical (unpaired) electrons. The number of carbonyl (C=O) groups is 1. The molecule has 1 fully saturated rings. The number of hydrogen-bond acceptors (Lipinski definition) is 6. The molecule has 1 amide bonds. The Hall–Kier alpha value is -1.51. The zero-order valence-electron chi connectivity index (χ0n) is 10.9. The third-order valence-corrected chi connectivity index (χ3v) is 4.27. The Labute approximate surface area is 120 Å². The lowest BCUT2D eigenvalue weighted by molar-refractivity contribution is -0.380. The summed E-state index contributed by atoms with van der Waals surface area (Å²) < 4.78 is 0. The smallest absolute Gasteiger partial charge is 0.324 e. The number of thiophene rings is 1. The van der Waals surface area contributed by atoms with Gasteiger partial charge in [0.25, 0.3) is 5.91 Å². The highest BCUT2D eigenvalue weighted by atomic mass is 32.1. The van der Waals surface area contributed by atoms with E-state index < -0.39 is 4.92 Å². The number of aliphatic hydroxyl groups is 1. The van der Waals surface area contributed by atoms with Gasteiger partial charge in [-0.05, 0) is 25.5 Å². The van der Waals surface area contributed by atoms with Crippen molar-refractivity contribution in [3.63, 3.8) is 0 Å². The normalized spacial score (nSPS) is 18.1. The number of aliphatic hydroxyl groups excluding tert-OH is 1. The highest BCUT2D eigenvalue weighted by Crippen LogP contribution is 2.25. The first-order valence-corrected chi connectivity index (χ1v) is 7.31. The Morgan fingerprint density at radius 2 is 2.40 bits per heavy atom. The number of rotatable bonds is 6. The molecule has 8 heteroatoms. The van der Waals surface area contributed by atoms with Gasteiger partial charge in [-0.25, -0.2) is 0 Å². The molecule has 2 N–H and O–H groups in total. The Kier molecular flexibility index (Phi) is 5.05. The highest BCUT2D eigenvalue weighted by Gasteiger charge is 2.24. The van der Waals surface area contributed by atoms with Crippen molar-refractivity contribution >= 4 is 22.2 Å². The lowest BCUT2D eigenvalue weighted by atomic mass is 10.2. The second kappa shape index (κ2) is 6.78. The fourth-order valence-electron chi connectivity index (χ4n) is 2.27. The molecule has 0 spiro atoms. The van der Waals surface area contributed by atoms with Crippen LogP contribution in [0, 0.1) is 10.1 Å². The van der Waals surface area contributed by atoms with Crippen molar-refractivity contribution in [1.82, 2.24) is 10.2 Å². The molecule has 1 saturated heterocycles. The van der Waals surface area contributed by atoms with E-state index in [-0.39, 0.29) is 30.1 Å². The molecule has 1 aromatic rings. The number of nitro groups is 1. The van der Waals surface area contributed by atoms with E-state index in [4.69, 9.17) is 5.11 Å². The second-order valence-electron chi connectivity index (χ2n) is 4.66. The van der Waals surface area contributed by atoms with E-state index >= 15 is 0 Å². The molecule has 1 aliphatic heterocycles. The van der Waals surface area contributed by atoms with Gasteiger partial charge in [-0.2, -0.15) is 0 Å². The van der Waals surface area contributed by atoms with Crippen LogP contribution in [0.1, 0.15) is 22.5 Å². The van der Waals surface area contributed by atoms with E-state index in [1.165, 1.54) is 12.1 Å². The molecule has 0 aromatic carbocycles. The zero-order valence-corrected chi connectivity index (χ0v) is 11.8. The average molecular weight is 299 g/mol. The van der Waals surface area contributed by atoms with Gasteiger partial charge in [-0.1, -0.05) is 11.3 Å². The predicted molar refractivity (Wildman–Crippen MR) is 75.0 cm³/mol. The maximum atomic E-state index is 12.3. The maximum absolute atomic E-state index is 12.3. The van der Waals surface area contributed by atoms with Crippen molar-refractivity contribution in [3.8, 4) is 0 Å². The topological polar surface area (TPSA) is 95.7 Å². The summed E-state index contributed by atoms with van der Waals surface area (Å²) in [4.78, 5) is 24.4. The summed E-state index contributed by atoms with van der Waals surface area (Å²) in [6.45, 7) is 1.58. The van der Waals surface area contributed by atoms with E-state index in [1.54, 1.807) is 4.90 Å². The molecule has 0 bridgehead atoms. The zero-order chi connectivity index (χ0) is 14.5. The summed E-state index contributed by atoms with van der Waals surface area (Å²) in [5.41, 5.74) is 0. The molecular formula is C12H17N3O4S. The minimum Gasteiger partial charge on any atom is -0.395 e. The van der Waals surface area contributed by atoms with E-state index in [0.717, 1.165) is 30.7 Å². The average Bonchev–Trinajstić information content (AvgIpc) is 3.08. The van der Waals surface area contributed by atoms with Crippen LogP contribution < -0.4 is 5.32 Å². The summed E-state index contributed by atoms with van der Waals surface area (Å²) in [6, 6.07) is 3.04. The van der Waals surface area contributed by atoms with Gasteiger partial charge in [0.05, 0.1) is 16.4 Å². The van der Waals surface area contributed by atoms with Crippen LogP contribution in [0.5, 0.6) is 0 Å². The van der Waals surface area contributed by atoms with E-state index in [0.29, 0.717) is 11.4 Å². The van der Waals surface area contributed by atoms with Crippen LogP contribution >= 0.6 is 11.3 Å². The SMILES string of the molecule is O=C(c1ccc([N+](=O)[O-])s1)N(CCO)CC1CCCN1. The van der Waals surface area contributed by atoms with Crippen molar-refractivity contribution in [2.24, 2.45) is 0 Å². The summed E-state index contributed by atoms with van der Waals surface area (Å²) in [6.07, 6.45) is 2.08. The van der Waals surface area contributed by atoms with Crippen molar-refractivity contribution in [2.45, 2.75) is 18.9 Å². The molecule has 0 saturated carbocycles.